The van der Waals surface area contributed by atoms with Gasteiger partial charge in [0.2, 0.25) is 0 Å². The maximum Gasteiger partial charge on any atom is 0.105 e. The van der Waals surface area contributed by atoms with Gasteiger partial charge in [-0.2, -0.15) is 0 Å². The Morgan fingerprint density at radius 1 is 0.500 bits per heavy atom. The number of rotatable bonds is 28. The molecule has 0 radical (unpaired) electrons. The van der Waals surface area contributed by atoms with Gasteiger partial charge in [-0.25, -0.2) is 9.97 Å². The Morgan fingerprint density at radius 2 is 0.833 bits per heavy atom. The molecule has 0 saturated carbocycles. The van der Waals surface area contributed by atoms with E-state index in [9.17, 15) is 25.5 Å². The van der Waals surface area contributed by atoms with E-state index in [0.717, 1.165) is 11.6 Å². The highest BCUT2D eigenvalue weighted by molar-refractivity contribution is 6.18. The highest BCUT2D eigenvalue weighted by Crippen LogP contribution is 2.22. The summed E-state index contributed by atoms with van der Waals surface area (Å²) in [6, 6.07) is 0. The maximum absolute atomic E-state index is 11.2. The molecule has 19 nitrogen and oxygen atoms in total. The summed E-state index contributed by atoms with van der Waals surface area (Å²) in [5, 5.41) is 54.4. The summed E-state index contributed by atoms with van der Waals surface area (Å²) in [5.41, 5.74) is 0. The predicted molar refractivity (Wildman–Crippen MR) is 256 cm³/mol. The number of hydrogen-bond donors (Lipinski definition) is 5. The number of β-amino-alcohol motifs (C(OH)–C–C–N with tert-alkyl or cyclic N) is 5. The van der Waals surface area contributed by atoms with Crippen LogP contribution >= 0.6 is 35.6 Å². The number of aliphatic hydroxyl groups excluding tert-OH is 5. The first kappa shape index (κ1) is 53.3. The van der Waals surface area contributed by atoms with Crippen molar-refractivity contribution in [1.82, 2.24) is 58.3 Å². The van der Waals surface area contributed by atoms with Crippen molar-refractivity contribution >= 4 is 35.6 Å². The Kier molecular flexibility index (Phi) is 20.7. The summed E-state index contributed by atoms with van der Waals surface area (Å²) in [4.78, 5) is 25.0. The highest BCUT2D eigenvalue weighted by atomic mass is 35.5. The van der Waals surface area contributed by atoms with Gasteiger partial charge in [-0.05, 0) is 34.6 Å². The van der Waals surface area contributed by atoms with Crippen LogP contribution in [0.3, 0.4) is 0 Å². The normalized spacial score (nSPS) is 22.6. The van der Waals surface area contributed by atoms with Gasteiger partial charge >= 0.3 is 0 Å². The van der Waals surface area contributed by atoms with Crippen LogP contribution in [0.2, 0.25) is 0 Å². The SMILES string of the molecule is Cc1nccn1CC(O)CN1C=CN(CC(CCl)OCC(O)CN2C=CN(CC(O)CN3C=CN(CC(O)COC(CCl)CN4C=CN(CC(O)Cn5ccnc5C)C4C)C3C)C2C)C1.Cl. The van der Waals surface area contributed by atoms with Crippen molar-refractivity contribution in [2.24, 2.45) is 0 Å². The topological polar surface area (TPSA) is 181 Å². The molecule has 0 aromatic carbocycles. The minimum absolute atomic E-state index is 0. The zero-order valence-electron chi connectivity index (χ0n) is 38.9. The fourth-order valence-corrected chi connectivity index (χ4v) is 8.94. The zero-order valence-corrected chi connectivity index (χ0v) is 41.2. The summed E-state index contributed by atoms with van der Waals surface area (Å²) in [7, 11) is 0. The van der Waals surface area contributed by atoms with E-state index < -0.39 is 30.5 Å². The molecular formula is C44H73Cl3N12O7. The number of ether oxygens (including phenoxy) is 2. The lowest BCUT2D eigenvalue weighted by atomic mass is 10.2. The first-order chi connectivity index (χ1) is 31.2. The molecule has 0 spiro atoms. The number of alkyl halides is 2. The van der Waals surface area contributed by atoms with E-state index in [2.05, 4.69) is 41.4 Å². The van der Waals surface area contributed by atoms with Crippen LogP contribution in [0.25, 0.3) is 0 Å². The molecule has 0 saturated heterocycles. The van der Waals surface area contributed by atoms with Gasteiger partial charge < -0.3 is 83.3 Å². The summed E-state index contributed by atoms with van der Waals surface area (Å²) in [5.74, 6) is 2.27. The molecule has 22 heteroatoms. The second-order valence-corrected chi connectivity index (χ2v) is 18.3. The largest absolute Gasteiger partial charge is 0.389 e. The maximum atomic E-state index is 11.2. The fraction of sp³-hybridized carbons (Fsp3) is 0.682. The molecule has 10 unspecified atom stereocenters. The van der Waals surface area contributed by atoms with E-state index in [4.69, 9.17) is 32.7 Å². The number of hydrogen-bond acceptors (Lipinski definition) is 17. The Hall–Kier alpha value is -3.63. The minimum atomic E-state index is -0.756. The van der Waals surface area contributed by atoms with Crippen molar-refractivity contribution < 1.29 is 35.0 Å². The summed E-state index contributed by atoms with van der Waals surface area (Å²) >= 11 is 12.6. The van der Waals surface area contributed by atoms with Crippen molar-refractivity contribution in [3.63, 3.8) is 0 Å². The molecule has 4 aliphatic heterocycles. The third-order valence-electron chi connectivity index (χ3n) is 12.5. The van der Waals surface area contributed by atoms with Crippen LogP contribution < -0.4 is 0 Å². The third-order valence-corrected chi connectivity index (χ3v) is 13.2. The lowest BCUT2D eigenvalue weighted by Gasteiger charge is -2.35. The van der Waals surface area contributed by atoms with E-state index in [1.807, 2.05) is 114 Å². The third kappa shape index (κ3) is 15.2. The molecule has 0 fully saturated rings. The first-order valence-electron chi connectivity index (χ1n) is 22.7. The van der Waals surface area contributed by atoms with Gasteiger partial charge in [0.1, 0.15) is 11.6 Å². The molecule has 0 aliphatic carbocycles. The first-order valence-corrected chi connectivity index (χ1v) is 23.7. The molecule has 2 aromatic heterocycles. The van der Waals surface area contributed by atoms with E-state index in [0.29, 0.717) is 72.1 Å². The van der Waals surface area contributed by atoms with Crippen LogP contribution in [0.5, 0.6) is 0 Å². The number of aliphatic hydroxyl groups is 5. The van der Waals surface area contributed by atoms with Crippen LogP contribution in [0.4, 0.5) is 0 Å². The summed E-state index contributed by atoms with van der Waals surface area (Å²) in [6.07, 6.45) is 18.8. The van der Waals surface area contributed by atoms with Crippen LogP contribution in [0.1, 0.15) is 32.4 Å². The Balaban J connectivity index is 0.00000817. The monoisotopic (exact) mass is 986 g/mol. The van der Waals surface area contributed by atoms with E-state index in [1.54, 1.807) is 12.4 Å². The molecule has 66 heavy (non-hydrogen) atoms. The molecule has 0 amide bonds. The molecule has 5 N–H and O–H groups in total. The zero-order chi connectivity index (χ0) is 46.6. The standard InChI is InChI=1S/C44H72Cl2N12O7.ClH/c1-33-47-6-8-51(33)21-38(59)20-49-10-11-50(32-49)28-43(18-45)64-30-41(62)26-56-14-12-53(35(56)3)24-40(61)25-54-13-15-57(36(54)4)27-42(63)31-65-44(19-46)29-58-17-16-55(37(58)5)23-39(60)22-52-9-7-48-34(52)2;/h6-17,35-44,59-63H,18-32H2,1-5H3;1H. The predicted octanol–water partition coefficient (Wildman–Crippen LogP) is 1.22. The highest BCUT2D eigenvalue weighted by Gasteiger charge is 2.31. The summed E-state index contributed by atoms with van der Waals surface area (Å²) < 4.78 is 16.0. The van der Waals surface area contributed by atoms with Gasteiger partial charge in [0, 0.05) is 127 Å². The van der Waals surface area contributed by atoms with Gasteiger partial charge in [-0.1, -0.05) is 0 Å². The molecule has 372 valence electrons. The second kappa shape index (κ2) is 25.7. The number of aryl methyl sites for hydroxylation is 2. The Bertz CT molecular complexity index is 1860. The lowest BCUT2D eigenvalue weighted by molar-refractivity contribution is -0.0303. The molecule has 6 rings (SSSR count). The average Bonchev–Trinajstić information content (AvgIpc) is 4.15. The van der Waals surface area contributed by atoms with Crippen molar-refractivity contribution in [3.8, 4) is 0 Å². The number of aromatic nitrogens is 4. The Morgan fingerprint density at radius 3 is 1.21 bits per heavy atom. The van der Waals surface area contributed by atoms with E-state index in [-0.39, 0.29) is 68.1 Å². The number of nitrogens with zero attached hydrogens (tertiary/aromatic N) is 12. The van der Waals surface area contributed by atoms with Gasteiger partial charge in [0.15, 0.2) is 0 Å². The molecule has 4 aliphatic rings. The van der Waals surface area contributed by atoms with Gasteiger partial charge in [-0.15, -0.1) is 35.6 Å². The van der Waals surface area contributed by atoms with Crippen LogP contribution in [0, 0.1) is 13.8 Å². The van der Waals surface area contributed by atoms with Crippen molar-refractivity contribution in [2.75, 3.05) is 84.0 Å². The lowest BCUT2D eigenvalue weighted by Crippen LogP contribution is -2.47. The number of halogens is 3. The van der Waals surface area contributed by atoms with Crippen molar-refractivity contribution in [1.29, 1.82) is 0 Å². The van der Waals surface area contributed by atoms with Gasteiger partial charge in [0.25, 0.3) is 0 Å². The second-order valence-electron chi connectivity index (χ2n) is 17.7. The molecular weight excluding hydrogens is 915 g/mol. The molecule has 2 aromatic rings. The molecule has 6 heterocycles. The summed E-state index contributed by atoms with van der Waals surface area (Å²) in [6.45, 7) is 15.3. The van der Waals surface area contributed by atoms with Crippen molar-refractivity contribution in [2.45, 2.75) is 109 Å². The van der Waals surface area contributed by atoms with Crippen molar-refractivity contribution in [3.05, 3.63) is 86.0 Å². The van der Waals surface area contributed by atoms with E-state index >= 15 is 0 Å². The minimum Gasteiger partial charge on any atom is -0.389 e. The van der Waals surface area contributed by atoms with Gasteiger partial charge in [-0.3, -0.25) is 0 Å². The molecule has 10 atom stereocenters. The van der Waals surface area contributed by atoms with Crippen LogP contribution in [-0.2, 0) is 22.6 Å². The smallest absolute Gasteiger partial charge is 0.105 e. The average molecular weight is 989 g/mol. The number of imidazole rings is 2. The van der Waals surface area contributed by atoms with Crippen LogP contribution in [-0.4, -0.2) is 229 Å². The Labute approximate surface area is 406 Å². The van der Waals surface area contributed by atoms with Gasteiger partial charge in [0.05, 0.1) is 106 Å². The van der Waals surface area contributed by atoms with E-state index in [1.165, 1.54) is 0 Å². The molecule has 0 bridgehead atoms. The quantitative estimate of drug-likeness (QED) is 0.0768. The fourth-order valence-electron chi connectivity index (χ4n) is 8.56. The van der Waals surface area contributed by atoms with Crippen LogP contribution in [0.15, 0.2) is 74.4 Å².